The Morgan fingerprint density at radius 3 is 2.68 bits per heavy atom. The molecule has 0 saturated carbocycles. The van der Waals surface area contributed by atoms with E-state index in [1.807, 2.05) is 37.3 Å². The van der Waals surface area contributed by atoms with Crippen LogP contribution in [0.15, 0.2) is 34.8 Å². The SMILES string of the molecule is CCOC(=O)c1c(Br)c(C)nn1Cc1ccccc1. The zero-order chi connectivity index (χ0) is 13.8. The van der Waals surface area contributed by atoms with Gasteiger partial charge in [0.05, 0.1) is 23.3 Å². The first-order valence-electron chi connectivity index (χ1n) is 6.07. The Hall–Kier alpha value is -1.62. The van der Waals surface area contributed by atoms with Crippen molar-refractivity contribution in [1.29, 1.82) is 0 Å². The molecule has 19 heavy (non-hydrogen) atoms. The maximum absolute atomic E-state index is 12.0. The number of hydrogen-bond acceptors (Lipinski definition) is 3. The molecule has 0 unspecified atom stereocenters. The van der Waals surface area contributed by atoms with Gasteiger partial charge >= 0.3 is 5.97 Å². The third-order valence-corrected chi connectivity index (χ3v) is 3.65. The Kier molecular flexibility index (Phi) is 4.37. The molecule has 1 aromatic heterocycles. The maximum atomic E-state index is 12.0. The fourth-order valence-corrected chi connectivity index (χ4v) is 2.27. The largest absolute Gasteiger partial charge is 0.461 e. The quantitative estimate of drug-likeness (QED) is 0.812. The van der Waals surface area contributed by atoms with Gasteiger partial charge in [0.25, 0.3) is 0 Å². The molecule has 0 atom stereocenters. The van der Waals surface area contributed by atoms with Crippen LogP contribution in [-0.4, -0.2) is 22.4 Å². The molecule has 0 bridgehead atoms. The number of esters is 1. The second-order valence-electron chi connectivity index (χ2n) is 4.11. The van der Waals surface area contributed by atoms with Gasteiger partial charge in [-0.05, 0) is 35.3 Å². The second kappa shape index (κ2) is 6.02. The lowest BCUT2D eigenvalue weighted by atomic mass is 10.2. The Bertz CT molecular complexity index is 579. The van der Waals surface area contributed by atoms with Crippen LogP contribution in [0, 0.1) is 6.92 Å². The molecule has 4 nitrogen and oxygen atoms in total. The summed E-state index contributed by atoms with van der Waals surface area (Å²) in [4.78, 5) is 12.0. The molecule has 0 aliphatic carbocycles. The van der Waals surface area contributed by atoms with Crippen molar-refractivity contribution < 1.29 is 9.53 Å². The Balaban J connectivity index is 2.35. The van der Waals surface area contributed by atoms with Crippen LogP contribution in [0.3, 0.4) is 0 Å². The van der Waals surface area contributed by atoms with E-state index in [1.165, 1.54) is 0 Å². The minimum Gasteiger partial charge on any atom is -0.461 e. The molecular weight excluding hydrogens is 308 g/mol. The Labute approximate surface area is 120 Å². The van der Waals surface area contributed by atoms with Gasteiger partial charge in [-0.15, -0.1) is 0 Å². The van der Waals surface area contributed by atoms with Crippen molar-refractivity contribution in [3.05, 3.63) is 51.8 Å². The highest BCUT2D eigenvalue weighted by Gasteiger charge is 2.21. The first-order chi connectivity index (χ1) is 9.13. The summed E-state index contributed by atoms with van der Waals surface area (Å²) in [5.74, 6) is -0.356. The number of halogens is 1. The van der Waals surface area contributed by atoms with E-state index >= 15 is 0 Å². The standard InChI is InChI=1S/C14H15BrN2O2/c1-3-19-14(18)13-12(15)10(2)16-17(13)9-11-7-5-4-6-8-11/h4-8H,3,9H2,1-2H3. The van der Waals surface area contributed by atoms with E-state index in [0.29, 0.717) is 23.3 Å². The lowest BCUT2D eigenvalue weighted by molar-refractivity contribution is 0.0511. The number of hydrogen-bond donors (Lipinski definition) is 0. The number of carbonyl (C=O) groups is 1. The molecule has 2 aromatic rings. The fraction of sp³-hybridized carbons (Fsp3) is 0.286. The number of rotatable bonds is 4. The topological polar surface area (TPSA) is 44.1 Å². The molecule has 0 amide bonds. The molecule has 0 aliphatic rings. The summed E-state index contributed by atoms with van der Waals surface area (Å²) in [6.45, 7) is 4.53. The summed E-state index contributed by atoms with van der Waals surface area (Å²) in [5, 5.41) is 4.38. The molecule has 1 aromatic carbocycles. The van der Waals surface area contributed by atoms with E-state index in [0.717, 1.165) is 11.3 Å². The molecule has 0 spiro atoms. The average molecular weight is 323 g/mol. The molecule has 0 fully saturated rings. The van der Waals surface area contributed by atoms with Gasteiger partial charge < -0.3 is 4.74 Å². The Morgan fingerprint density at radius 1 is 1.37 bits per heavy atom. The molecule has 0 N–H and O–H groups in total. The van der Waals surface area contributed by atoms with E-state index in [9.17, 15) is 4.79 Å². The summed E-state index contributed by atoms with van der Waals surface area (Å²) in [6, 6.07) is 9.88. The molecule has 2 rings (SSSR count). The van der Waals surface area contributed by atoms with Crippen LogP contribution in [0.2, 0.25) is 0 Å². The van der Waals surface area contributed by atoms with Gasteiger partial charge in [0.2, 0.25) is 0 Å². The summed E-state index contributed by atoms with van der Waals surface area (Å²) >= 11 is 3.40. The number of nitrogens with zero attached hydrogens (tertiary/aromatic N) is 2. The highest BCUT2D eigenvalue weighted by atomic mass is 79.9. The van der Waals surface area contributed by atoms with E-state index in [-0.39, 0.29) is 5.97 Å². The molecule has 100 valence electrons. The molecule has 1 heterocycles. The summed E-state index contributed by atoms with van der Waals surface area (Å²) in [6.07, 6.45) is 0. The number of aromatic nitrogens is 2. The van der Waals surface area contributed by atoms with Crippen LogP contribution >= 0.6 is 15.9 Å². The Morgan fingerprint density at radius 2 is 2.05 bits per heavy atom. The van der Waals surface area contributed by atoms with Gasteiger partial charge in [0.15, 0.2) is 5.69 Å². The predicted octanol–water partition coefficient (Wildman–Crippen LogP) is 3.18. The highest BCUT2D eigenvalue weighted by molar-refractivity contribution is 9.10. The predicted molar refractivity (Wildman–Crippen MR) is 76.2 cm³/mol. The van der Waals surface area contributed by atoms with Crippen molar-refractivity contribution in [2.75, 3.05) is 6.61 Å². The van der Waals surface area contributed by atoms with Crippen molar-refractivity contribution in [1.82, 2.24) is 9.78 Å². The highest BCUT2D eigenvalue weighted by Crippen LogP contribution is 2.22. The van der Waals surface area contributed by atoms with Gasteiger partial charge in [0.1, 0.15) is 0 Å². The number of benzene rings is 1. The number of aryl methyl sites for hydroxylation is 1. The average Bonchev–Trinajstić information content (AvgIpc) is 2.66. The fourth-order valence-electron chi connectivity index (χ4n) is 1.82. The van der Waals surface area contributed by atoms with Crippen LogP contribution < -0.4 is 0 Å². The van der Waals surface area contributed by atoms with Gasteiger partial charge in [-0.1, -0.05) is 30.3 Å². The van der Waals surface area contributed by atoms with Crippen LogP contribution in [-0.2, 0) is 11.3 Å². The van der Waals surface area contributed by atoms with Crippen molar-refractivity contribution in [2.45, 2.75) is 20.4 Å². The molecule has 0 aliphatic heterocycles. The normalized spacial score (nSPS) is 10.5. The van der Waals surface area contributed by atoms with Gasteiger partial charge in [0, 0.05) is 0 Å². The van der Waals surface area contributed by atoms with Crippen molar-refractivity contribution in [3.63, 3.8) is 0 Å². The van der Waals surface area contributed by atoms with E-state index in [2.05, 4.69) is 21.0 Å². The second-order valence-corrected chi connectivity index (χ2v) is 4.90. The van der Waals surface area contributed by atoms with Gasteiger partial charge in [-0.2, -0.15) is 5.10 Å². The van der Waals surface area contributed by atoms with Crippen LogP contribution in [0.5, 0.6) is 0 Å². The smallest absolute Gasteiger partial charge is 0.357 e. The van der Waals surface area contributed by atoms with Gasteiger partial charge in [-0.25, -0.2) is 4.79 Å². The van der Waals surface area contributed by atoms with E-state index < -0.39 is 0 Å². The maximum Gasteiger partial charge on any atom is 0.357 e. The monoisotopic (exact) mass is 322 g/mol. The molecular formula is C14H15BrN2O2. The molecule has 0 radical (unpaired) electrons. The van der Waals surface area contributed by atoms with Crippen LogP contribution in [0.25, 0.3) is 0 Å². The van der Waals surface area contributed by atoms with E-state index in [4.69, 9.17) is 4.74 Å². The van der Waals surface area contributed by atoms with Crippen molar-refractivity contribution in [2.24, 2.45) is 0 Å². The number of ether oxygens (including phenoxy) is 1. The van der Waals surface area contributed by atoms with Crippen molar-refractivity contribution in [3.8, 4) is 0 Å². The minimum absolute atomic E-state index is 0.348. The molecule has 5 heteroatoms. The third-order valence-electron chi connectivity index (χ3n) is 2.70. The first kappa shape index (κ1) is 13.8. The van der Waals surface area contributed by atoms with Gasteiger partial charge in [-0.3, -0.25) is 4.68 Å². The van der Waals surface area contributed by atoms with Crippen LogP contribution in [0.1, 0.15) is 28.7 Å². The van der Waals surface area contributed by atoms with Crippen molar-refractivity contribution >= 4 is 21.9 Å². The summed E-state index contributed by atoms with van der Waals surface area (Å²) in [7, 11) is 0. The summed E-state index contributed by atoms with van der Waals surface area (Å²) in [5.41, 5.74) is 2.32. The van der Waals surface area contributed by atoms with E-state index in [1.54, 1.807) is 11.6 Å². The molecule has 0 saturated heterocycles. The summed E-state index contributed by atoms with van der Waals surface area (Å²) < 4.78 is 7.44. The number of carbonyl (C=O) groups excluding carboxylic acids is 1. The lowest BCUT2D eigenvalue weighted by Gasteiger charge is -2.07. The zero-order valence-corrected chi connectivity index (χ0v) is 12.5. The minimum atomic E-state index is -0.356. The zero-order valence-electron chi connectivity index (χ0n) is 10.9. The first-order valence-corrected chi connectivity index (χ1v) is 6.86. The third kappa shape index (κ3) is 3.04. The lowest BCUT2D eigenvalue weighted by Crippen LogP contribution is -2.14. The van der Waals surface area contributed by atoms with Crippen LogP contribution in [0.4, 0.5) is 0 Å².